The first kappa shape index (κ1) is 22.1. The SMILES string of the molecule is CC1=NN(c2ccccc2)[C@]2(SC(c3ccc([N+](=O)[O-])cc3)=NN2c2ccccc2)c2ccccc21. The molecule has 7 nitrogen and oxygen atoms in total. The quantitative estimate of drug-likeness (QED) is 0.239. The molecule has 1 spiro atoms. The average Bonchev–Trinajstić information content (AvgIpc) is 3.33. The lowest BCUT2D eigenvalue weighted by Crippen LogP contribution is -2.53. The Hall–Kier alpha value is -4.43. The molecule has 176 valence electrons. The molecule has 0 aromatic heterocycles. The lowest BCUT2D eigenvalue weighted by Gasteiger charge is -2.46. The number of nitro groups is 1. The zero-order valence-corrected chi connectivity index (χ0v) is 20.2. The van der Waals surface area contributed by atoms with Gasteiger partial charge in [-0.1, -0.05) is 60.7 Å². The summed E-state index contributed by atoms with van der Waals surface area (Å²) in [6.45, 7) is 2.02. The number of anilines is 2. The van der Waals surface area contributed by atoms with Crippen LogP contribution in [0.4, 0.5) is 17.1 Å². The Bertz CT molecular complexity index is 1510. The van der Waals surface area contributed by atoms with Gasteiger partial charge in [-0.05, 0) is 55.1 Å². The van der Waals surface area contributed by atoms with Crippen LogP contribution >= 0.6 is 11.8 Å². The summed E-state index contributed by atoms with van der Waals surface area (Å²) in [4.78, 5) is 9.98. The maximum absolute atomic E-state index is 11.2. The van der Waals surface area contributed by atoms with E-state index >= 15 is 0 Å². The maximum Gasteiger partial charge on any atom is 0.269 e. The molecular formula is C28H21N5O2S. The number of non-ortho nitro benzene ring substituents is 1. The van der Waals surface area contributed by atoms with Crippen LogP contribution in [0.3, 0.4) is 0 Å². The van der Waals surface area contributed by atoms with Gasteiger partial charge in [0.1, 0.15) is 5.04 Å². The highest BCUT2D eigenvalue weighted by Crippen LogP contribution is 2.55. The Morgan fingerprint density at radius 1 is 0.750 bits per heavy atom. The molecule has 1 atom stereocenters. The van der Waals surface area contributed by atoms with E-state index in [1.807, 2.05) is 89.7 Å². The minimum atomic E-state index is -0.851. The van der Waals surface area contributed by atoms with Crippen LogP contribution in [0.2, 0.25) is 0 Å². The van der Waals surface area contributed by atoms with Crippen LogP contribution in [0, 0.1) is 10.1 Å². The van der Waals surface area contributed by atoms with Crippen molar-refractivity contribution in [2.45, 2.75) is 11.9 Å². The summed E-state index contributed by atoms with van der Waals surface area (Å²) in [5, 5.41) is 26.2. The standard InChI is InChI=1S/C28H21N5O2S/c1-20-25-14-8-9-15-26(25)28(31(29-20)22-10-4-2-5-11-22)32(23-12-6-3-7-13-23)30-27(36-28)21-16-18-24(19-17-21)33(34)35/h2-19H,1H3/t28-/m1/s1. The summed E-state index contributed by atoms with van der Waals surface area (Å²) in [5.74, 6) is 0. The number of fused-ring (bicyclic) bond motifs is 2. The van der Waals surface area contributed by atoms with Gasteiger partial charge in [-0.2, -0.15) is 10.2 Å². The summed E-state index contributed by atoms with van der Waals surface area (Å²) < 4.78 is 0. The van der Waals surface area contributed by atoms with Crippen LogP contribution in [0.15, 0.2) is 119 Å². The predicted molar refractivity (Wildman–Crippen MR) is 145 cm³/mol. The van der Waals surface area contributed by atoms with Crippen molar-refractivity contribution in [1.29, 1.82) is 0 Å². The number of thioether (sulfide) groups is 1. The van der Waals surface area contributed by atoms with E-state index in [4.69, 9.17) is 10.2 Å². The van der Waals surface area contributed by atoms with E-state index < -0.39 is 9.92 Å². The Morgan fingerprint density at radius 2 is 1.31 bits per heavy atom. The van der Waals surface area contributed by atoms with Crippen molar-refractivity contribution in [3.05, 3.63) is 136 Å². The van der Waals surface area contributed by atoms with Gasteiger partial charge < -0.3 is 0 Å². The summed E-state index contributed by atoms with van der Waals surface area (Å²) in [6, 6.07) is 34.9. The van der Waals surface area contributed by atoms with E-state index in [2.05, 4.69) is 12.1 Å². The van der Waals surface area contributed by atoms with Gasteiger partial charge in [0.2, 0.25) is 4.99 Å². The van der Waals surface area contributed by atoms with Gasteiger partial charge in [0, 0.05) is 28.8 Å². The number of benzene rings is 4. The second kappa shape index (κ2) is 8.66. The highest BCUT2D eigenvalue weighted by molar-refractivity contribution is 8.15. The normalized spacial score (nSPS) is 18.6. The minimum absolute atomic E-state index is 0.0473. The van der Waals surface area contributed by atoms with E-state index in [0.717, 1.165) is 38.8 Å². The van der Waals surface area contributed by atoms with E-state index in [9.17, 15) is 10.1 Å². The van der Waals surface area contributed by atoms with Crippen molar-refractivity contribution >= 4 is 39.6 Å². The molecular weight excluding hydrogens is 470 g/mol. The lowest BCUT2D eigenvalue weighted by atomic mass is 9.98. The van der Waals surface area contributed by atoms with Gasteiger partial charge >= 0.3 is 0 Å². The summed E-state index contributed by atoms with van der Waals surface area (Å²) in [6.07, 6.45) is 0. The third-order valence-corrected chi connectivity index (χ3v) is 7.61. The Labute approximate surface area is 212 Å². The first-order valence-electron chi connectivity index (χ1n) is 11.5. The van der Waals surface area contributed by atoms with Gasteiger partial charge in [0.25, 0.3) is 5.69 Å². The first-order chi connectivity index (χ1) is 17.6. The highest BCUT2D eigenvalue weighted by atomic mass is 32.2. The van der Waals surface area contributed by atoms with Gasteiger partial charge in [0.05, 0.1) is 22.0 Å². The maximum atomic E-state index is 11.2. The molecule has 2 aliphatic heterocycles. The number of hydrazone groups is 2. The second-order valence-corrected chi connectivity index (χ2v) is 9.61. The number of nitrogens with zero attached hydrogens (tertiary/aromatic N) is 5. The molecule has 36 heavy (non-hydrogen) atoms. The van der Waals surface area contributed by atoms with Crippen molar-refractivity contribution in [3.8, 4) is 0 Å². The van der Waals surface area contributed by atoms with Crippen LogP contribution < -0.4 is 10.0 Å². The number of para-hydroxylation sites is 2. The van der Waals surface area contributed by atoms with Gasteiger partial charge in [-0.25, -0.2) is 10.0 Å². The summed E-state index contributed by atoms with van der Waals surface area (Å²) in [5.41, 5.74) is 5.73. The fourth-order valence-corrected chi connectivity index (χ4v) is 5.97. The Kier molecular flexibility index (Phi) is 5.30. The molecule has 0 radical (unpaired) electrons. The molecule has 2 heterocycles. The smallest absolute Gasteiger partial charge is 0.258 e. The van der Waals surface area contributed by atoms with Gasteiger partial charge in [-0.3, -0.25) is 10.1 Å². The van der Waals surface area contributed by atoms with E-state index in [1.165, 1.54) is 12.1 Å². The van der Waals surface area contributed by atoms with Crippen molar-refractivity contribution in [2.75, 3.05) is 10.0 Å². The van der Waals surface area contributed by atoms with Crippen LogP contribution in [0.1, 0.15) is 23.6 Å². The molecule has 0 aliphatic carbocycles. The Morgan fingerprint density at radius 3 is 1.92 bits per heavy atom. The molecule has 4 aromatic carbocycles. The Balaban J connectivity index is 1.59. The molecule has 0 saturated heterocycles. The highest BCUT2D eigenvalue weighted by Gasteiger charge is 2.54. The van der Waals surface area contributed by atoms with E-state index in [-0.39, 0.29) is 5.69 Å². The third kappa shape index (κ3) is 3.46. The van der Waals surface area contributed by atoms with Gasteiger partial charge in [0.15, 0.2) is 0 Å². The zero-order valence-electron chi connectivity index (χ0n) is 19.4. The topological polar surface area (TPSA) is 74.3 Å². The van der Waals surface area contributed by atoms with Crippen molar-refractivity contribution in [1.82, 2.24) is 0 Å². The summed E-state index contributed by atoms with van der Waals surface area (Å²) in [7, 11) is 0. The van der Waals surface area contributed by atoms with Crippen molar-refractivity contribution < 1.29 is 4.92 Å². The number of nitro benzene ring substituents is 1. The number of hydrogen-bond acceptors (Lipinski definition) is 7. The zero-order chi connectivity index (χ0) is 24.7. The number of rotatable bonds is 4. The van der Waals surface area contributed by atoms with Crippen LogP contribution in [-0.2, 0) is 4.99 Å². The largest absolute Gasteiger partial charge is 0.269 e. The molecule has 4 aromatic rings. The van der Waals surface area contributed by atoms with Gasteiger partial charge in [-0.15, -0.1) is 0 Å². The third-order valence-electron chi connectivity index (χ3n) is 6.25. The fourth-order valence-electron chi connectivity index (χ4n) is 4.57. The molecule has 0 amide bonds. The monoisotopic (exact) mass is 491 g/mol. The molecule has 0 bridgehead atoms. The van der Waals surface area contributed by atoms with Crippen LogP contribution in [-0.4, -0.2) is 15.7 Å². The minimum Gasteiger partial charge on any atom is -0.258 e. The molecule has 8 heteroatoms. The average molecular weight is 492 g/mol. The fraction of sp³-hybridized carbons (Fsp3) is 0.0714. The molecule has 0 fully saturated rings. The molecule has 0 N–H and O–H groups in total. The van der Waals surface area contributed by atoms with Crippen molar-refractivity contribution in [2.24, 2.45) is 10.2 Å². The second-order valence-electron chi connectivity index (χ2n) is 8.45. The molecule has 2 aliphatic rings. The number of hydrogen-bond donors (Lipinski definition) is 0. The van der Waals surface area contributed by atoms with E-state index in [1.54, 1.807) is 23.9 Å². The van der Waals surface area contributed by atoms with E-state index in [0.29, 0.717) is 0 Å². The molecule has 0 unspecified atom stereocenters. The molecule has 6 rings (SSSR count). The predicted octanol–water partition coefficient (Wildman–Crippen LogP) is 6.56. The van der Waals surface area contributed by atoms with Crippen LogP contribution in [0.5, 0.6) is 0 Å². The molecule has 0 saturated carbocycles. The summed E-state index contributed by atoms with van der Waals surface area (Å²) >= 11 is 1.58. The first-order valence-corrected chi connectivity index (χ1v) is 12.3. The van der Waals surface area contributed by atoms with Crippen molar-refractivity contribution in [3.63, 3.8) is 0 Å². The van der Waals surface area contributed by atoms with Crippen LogP contribution in [0.25, 0.3) is 0 Å². The lowest BCUT2D eigenvalue weighted by molar-refractivity contribution is -0.384.